The first kappa shape index (κ1) is 19.0. The van der Waals surface area contributed by atoms with Crippen LogP contribution in [0.4, 0.5) is 5.69 Å². The lowest BCUT2D eigenvalue weighted by molar-refractivity contribution is 0.102. The van der Waals surface area contributed by atoms with E-state index in [1.54, 1.807) is 34.8 Å². The first-order valence-electron chi connectivity index (χ1n) is 9.21. The Hall–Kier alpha value is -3.38. The molecule has 6 nitrogen and oxygen atoms in total. The third-order valence-electron chi connectivity index (χ3n) is 4.40. The molecule has 2 aromatic heterocycles. The zero-order valence-electron chi connectivity index (χ0n) is 16.0. The number of rotatable bonds is 5. The second-order valence-corrected chi connectivity index (χ2v) is 6.94. The van der Waals surface area contributed by atoms with Crippen LogP contribution in [0.15, 0.2) is 60.7 Å². The first-order chi connectivity index (χ1) is 14.0. The first-order valence-corrected chi connectivity index (χ1v) is 9.59. The number of benzene rings is 2. The number of aryl methyl sites for hydroxylation is 1. The topological polar surface area (TPSA) is 68.5 Å². The third-order valence-corrected chi connectivity index (χ3v) is 4.65. The summed E-state index contributed by atoms with van der Waals surface area (Å²) in [7, 11) is 0. The number of nitrogens with zero attached hydrogens (tertiary/aromatic N) is 3. The van der Waals surface area contributed by atoms with Gasteiger partial charge in [0.2, 0.25) is 0 Å². The van der Waals surface area contributed by atoms with Crippen molar-refractivity contribution in [2.75, 3.05) is 11.9 Å². The van der Waals surface area contributed by atoms with Crippen molar-refractivity contribution in [3.8, 4) is 17.0 Å². The van der Waals surface area contributed by atoms with Gasteiger partial charge in [-0.1, -0.05) is 11.6 Å². The molecule has 146 valence electrons. The monoisotopic (exact) mass is 406 g/mol. The molecule has 4 aromatic rings. The molecule has 0 spiro atoms. The van der Waals surface area contributed by atoms with E-state index in [0.717, 1.165) is 22.7 Å². The van der Waals surface area contributed by atoms with Gasteiger partial charge in [-0.25, -0.2) is 9.50 Å². The minimum atomic E-state index is -0.306. The summed E-state index contributed by atoms with van der Waals surface area (Å²) in [5, 5.41) is 7.82. The van der Waals surface area contributed by atoms with E-state index in [2.05, 4.69) is 15.4 Å². The normalized spacial score (nSPS) is 10.9. The van der Waals surface area contributed by atoms with Crippen LogP contribution in [0.1, 0.15) is 23.1 Å². The van der Waals surface area contributed by atoms with Crippen LogP contribution in [0, 0.1) is 6.92 Å². The summed E-state index contributed by atoms with van der Waals surface area (Å²) >= 11 is 5.88. The standard InChI is InChI=1S/C22H19ClN4O2/c1-3-29-18-10-4-15(5-11-18)19-12-14(2)27-21(25-19)13-20(26-27)22(28)24-17-8-6-16(23)7-9-17/h4-13H,3H2,1-2H3,(H,24,28). The number of amides is 1. The SMILES string of the molecule is CCOc1ccc(-c2cc(C)n3nc(C(=O)Nc4ccc(Cl)cc4)cc3n2)cc1. The van der Waals surface area contributed by atoms with Crippen molar-refractivity contribution < 1.29 is 9.53 Å². The van der Waals surface area contributed by atoms with Gasteiger partial charge < -0.3 is 10.1 Å². The van der Waals surface area contributed by atoms with Crippen molar-refractivity contribution in [1.82, 2.24) is 14.6 Å². The predicted molar refractivity (Wildman–Crippen MR) is 114 cm³/mol. The highest BCUT2D eigenvalue weighted by Crippen LogP contribution is 2.23. The summed E-state index contributed by atoms with van der Waals surface area (Å²) in [4.78, 5) is 17.2. The predicted octanol–water partition coefficient (Wildman–Crippen LogP) is 5.01. The van der Waals surface area contributed by atoms with Gasteiger partial charge in [-0.2, -0.15) is 5.10 Å². The second kappa shape index (κ2) is 7.93. The Kier molecular flexibility index (Phi) is 5.18. The largest absolute Gasteiger partial charge is 0.494 e. The van der Waals surface area contributed by atoms with E-state index in [-0.39, 0.29) is 5.91 Å². The van der Waals surface area contributed by atoms with Crippen LogP contribution in [0.5, 0.6) is 5.75 Å². The molecule has 0 unspecified atom stereocenters. The lowest BCUT2D eigenvalue weighted by Gasteiger charge is -2.06. The molecular weight excluding hydrogens is 388 g/mol. The van der Waals surface area contributed by atoms with Crippen LogP contribution >= 0.6 is 11.6 Å². The van der Waals surface area contributed by atoms with Gasteiger partial charge >= 0.3 is 0 Å². The number of aromatic nitrogens is 3. The Morgan fingerprint density at radius 2 is 1.83 bits per heavy atom. The van der Waals surface area contributed by atoms with Crippen molar-refractivity contribution in [3.63, 3.8) is 0 Å². The average molecular weight is 407 g/mol. The Labute approximate surface area is 173 Å². The fourth-order valence-electron chi connectivity index (χ4n) is 3.00. The van der Waals surface area contributed by atoms with Crippen molar-refractivity contribution in [2.45, 2.75) is 13.8 Å². The van der Waals surface area contributed by atoms with Gasteiger partial charge in [0.15, 0.2) is 11.3 Å². The highest BCUT2D eigenvalue weighted by molar-refractivity contribution is 6.30. The van der Waals surface area contributed by atoms with Gasteiger partial charge in [-0.05, 0) is 68.4 Å². The zero-order valence-corrected chi connectivity index (χ0v) is 16.8. The van der Waals surface area contributed by atoms with Crippen molar-refractivity contribution in [1.29, 1.82) is 0 Å². The number of nitrogens with one attached hydrogen (secondary N) is 1. The van der Waals surface area contributed by atoms with Gasteiger partial charge in [0, 0.05) is 28.0 Å². The number of halogens is 1. The fraction of sp³-hybridized carbons (Fsp3) is 0.136. The van der Waals surface area contributed by atoms with Gasteiger partial charge in [-0.3, -0.25) is 4.79 Å². The molecule has 0 fully saturated rings. The van der Waals surface area contributed by atoms with Gasteiger partial charge in [0.1, 0.15) is 5.75 Å². The highest BCUT2D eigenvalue weighted by atomic mass is 35.5. The summed E-state index contributed by atoms with van der Waals surface area (Å²) in [5.74, 6) is 0.513. The zero-order chi connectivity index (χ0) is 20.4. The number of hydrogen-bond acceptors (Lipinski definition) is 4. The molecule has 2 aromatic carbocycles. The molecule has 2 heterocycles. The molecule has 7 heteroatoms. The second-order valence-electron chi connectivity index (χ2n) is 6.50. The smallest absolute Gasteiger partial charge is 0.276 e. The average Bonchev–Trinajstić information content (AvgIpc) is 3.16. The number of carbonyl (C=O) groups excluding carboxylic acids is 1. The summed E-state index contributed by atoms with van der Waals surface area (Å²) < 4.78 is 7.15. The minimum absolute atomic E-state index is 0.291. The van der Waals surface area contributed by atoms with Gasteiger partial charge in [0.25, 0.3) is 5.91 Å². The highest BCUT2D eigenvalue weighted by Gasteiger charge is 2.14. The quantitative estimate of drug-likeness (QED) is 0.506. The van der Waals surface area contributed by atoms with E-state index in [4.69, 9.17) is 16.3 Å². The Morgan fingerprint density at radius 1 is 1.10 bits per heavy atom. The Balaban J connectivity index is 1.62. The summed E-state index contributed by atoms with van der Waals surface area (Å²) in [6.07, 6.45) is 0. The molecular formula is C22H19ClN4O2. The number of hydrogen-bond donors (Lipinski definition) is 1. The molecule has 29 heavy (non-hydrogen) atoms. The van der Waals surface area contributed by atoms with Crippen LogP contribution < -0.4 is 10.1 Å². The maximum Gasteiger partial charge on any atom is 0.276 e. The number of anilines is 1. The van der Waals surface area contributed by atoms with Crippen LogP contribution in [-0.4, -0.2) is 27.1 Å². The Morgan fingerprint density at radius 3 is 2.52 bits per heavy atom. The van der Waals surface area contributed by atoms with Crippen LogP contribution in [0.25, 0.3) is 16.9 Å². The van der Waals surface area contributed by atoms with Crippen molar-refractivity contribution >= 4 is 28.8 Å². The molecule has 0 aliphatic rings. The molecule has 0 bridgehead atoms. The van der Waals surface area contributed by atoms with E-state index in [1.165, 1.54) is 0 Å². The van der Waals surface area contributed by atoms with E-state index in [0.29, 0.717) is 28.7 Å². The molecule has 0 aliphatic carbocycles. The minimum Gasteiger partial charge on any atom is -0.494 e. The summed E-state index contributed by atoms with van der Waals surface area (Å²) in [6.45, 7) is 4.51. The number of ether oxygens (including phenoxy) is 1. The lowest BCUT2D eigenvalue weighted by atomic mass is 10.1. The molecule has 1 amide bonds. The van der Waals surface area contributed by atoms with E-state index >= 15 is 0 Å². The maximum atomic E-state index is 12.6. The fourth-order valence-corrected chi connectivity index (χ4v) is 3.13. The van der Waals surface area contributed by atoms with Crippen LogP contribution in [0.2, 0.25) is 5.02 Å². The lowest BCUT2D eigenvalue weighted by Crippen LogP contribution is -2.12. The molecule has 0 atom stereocenters. The Bertz CT molecular complexity index is 1170. The summed E-state index contributed by atoms with van der Waals surface area (Å²) in [5.41, 5.74) is 4.20. The molecule has 0 aliphatic heterocycles. The molecule has 0 radical (unpaired) electrons. The maximum absolute atomic E-state index is 12.6. The van der Waals surface area contributed by atoms with Crippen molar-refractivity contribution in [3.05, 3.63) is 77.1 Å². The van der Waals surface area contributed by atoms with Crippen LogP contribution in [-0.2, 0) is 0 Å². The van der Waals surface area contributed by atoms with Gasteiger partial charge in [0.05, 0.1) is 12.3 Å². The van der Waals surface area contributed by atoms with Gasteiger partial charge in [-0.15, -0.1) is 0 Å². The van der Waals surface area contributed by atoms with Crippen LogP contribution in [0.3, 0.4) is 0 Å². The van der Waals surface area contributed by atoms with Crippen molar-refractivity contribution in [2.24, 2.45) is 0 Å². The molecule has 1 N–H and O–H groups in total. The number of fused-ring (bicyclic) bond motifs is 1. The molecule has 0 saturated heterocycles. The van der Waals surface area contributed by atoms with E-state index in [1.807, 2.05) is 44.2 Å². The van der Waals surface area contributed by atoms with E-state index < -0.39 is 0 Å². The third kappa shape index (κ3) is 4.07. The summed E-state index contributed by atoms with van der Waals surface area (Å²) in [6, 6.07) is 18.3. The van der Waals surface area contributed by atoms with E-state index in [9.17, 15) is 4.79 Å². The molecule has 0 saturated carbocycles. The number of carbonyl (C=O) groups is 1. The molecule has 4 rings (SSSR count).